The Labute approximate surface area is 226 Å². The summed E-state index contributed by atoms with van der Waals surface area (Å²) in [6, 6.07) is 9.31. The van der Waals surface area contributed by atoms with Gasteiger partial charge in [0.15, 0.2) is 0 Å². The molecule has 2 fully saturated rings. The third-order valence-electron chi connectivity index (χ3n) is 8.74. The Hall–Kier alpha value is -2.64. The summed E-state index contributed by atoms with van der Waals surface area (Å²) in [6.07, 6.45) is 9.76. The first kappa shape index (κ1) is 26.9. The van der Waals surface area contributed by atoms with Gasteiger partial charge in [0, 0.05) is 23.7 Å². The first-order chi connectivity index (χ1) is 18.6. The van der Waals surface area contributed by atoms with Gasteiger partial charge in [-0.3, -0.25) is 14.5 Å². The summed E-state index contributed by atoms with van der Waals surface area (Å²) in [6.45, 7) is 6.60. The van der Waals surface area contributed by atoms with Gasteiger partial charge >= 0.3 is 0 Å². The fraction of sp³-hybridized carbons (Fsp3) is 0.613. The van der Waals surface area contributed by atoms with E-state index >= 15 is 0 Å². The number of rotatable bonds is 10. The second-order valence-corrected chi connectivity index (χ2v) is 11.2. The molecule has 0 bridgehead atoms. The van der Waals surface area contributed by atoms with E-state index < -0.39 is 0 Å². The molecule has 0 radical (unpaired) electrons. The first-order valence-electron chi connectivity index (χ1n) is 14.4. The molecular formula is C31H42N2O5. The van der Waals surface area contributed by atoms with Crippen molar-refractivity contribution in [2.45, 2.75) is 70.4 Å². The molecule has 38 heavy (non-hydrogen) atoms. The Bertz CT molecular complexity index is 1020. The van der Waals surface area contributed by atoms with E-state index in [1.807, 2.05) is 0 Å². The van der Waals surface area contributed by atoms with E-state index in [4.69, 9.17) is 14.2 Å². The third-order valence-corrected chi connectivity index (χ3v) is 8.74. The lowest BCUT2D eigenvalue weighted by atomic mass is 9.94. The third kappa shape index (κ3) is 5.99. The number of hydrogen-bond acceptors (Lipinski definition) is 7. The number of ketones is 2. The van der Waals surface area contributed by atoms with Crippen molar-refractivity contribution in [2.24, 2.45) is 5.92 Å². The average Bonchev–Trinajstić information content (AvgIpc) is 3.39. The van der Waals surface area contributed by atoms with Gasteiger partial charge in [-0.1, -0.05) is 18.6 Å². The zero-order valence-electron chi connectivity index (χ0n) is 23.0. The molecule has 0 aromatic heterocycles. The Kier molecular flexibility index (Phi) is 8.85. The van der Waals surface area contributed by atoms with Gasteiger partial charge in [-0.05, 0) is 101 Å². The molecule has 0 atom stereocenters. The van der Waals surface area contributed by atoms with E-state index in [1.54, 1.807) is 0 Å². The van der Waals surface area contributed by atoms with Crippen molar-refractivity contribution in [1.29, 1.82) is 0 Å². The number of hydrogen-bond donors (Lipinski definition) is 0. The number of carbonyl (C=O) groups is 2. The Morgan fingerprint density at radius 3 is 2.00 bits per heavy atom. The van der Waals surface area contributed by atoms with Crippen molar-refractivity contribution in [3.05, 3.63) is 52.5 Å². The molecule has 2 aliphatic heterocycles. The molecule has 0 saturated carbocycles. The minimum Gasteiger partial charge on any atom is -0.494 e. The molecule has 2 saturated heterocycles. The predicted molar refractivity (Wildman–Crippen MR) is 146 cm³/mol. The molecule has 5 rings (SSSR count). The summed E-state index contributed by atoms with van der Waals surface area (Å²) in [5.41, 5.74) is 2.54. The van der Waals surface area contributed by atoms with E-state index in [0.29, 0.717) is 30.6 Å². The lowest BCUT2D eigenvalue weighted by Crippen LogP contribution is -2.46. The number of carbonyl (C=O) groups excluding carboxylic acids is 2. The van der Waals surface area contributed by atoms with Crippen LogP contribution in [0.5, 0.6) is 5.75 Å². The lowest BCUT2D eigenvalue weighted by molar-refractivity contribution is -0.121. The molecule has 7 nitrogen and oxygen atoms in total. The van der Waals surface area contributed by atoms with Gasteiger partial charge in [-0.25, -0.2) is 0 Å². The molecule has 0 amide bonds. The van der Waals surface area contributed by atoms with Crippen LogP contribution in [-0.4, -0.2) is 74.4 Å². The zero-order chi connectivity index (χ0) is 26.5. The van der Waals surface area contributed by atoms with Crippen molar-refractivity contribution in [3.63, 3.8) is 0 Å². The Morgan fingerprint density at radius 1 is 0.816 bits per heavy atom. The van der Waals surface area contributed by atoms with Gasteiger partial charge < -0.3 is 19.1 Å². The van der Waals surface area contributed by atoms with Crippen molar-refractivity contribution in [1.82, 2.24) is 9.80 Å². The number of Topliss-reactive ketones (excluding diaryl/α,β-unsaturated/α-hetero) is 2. The molecule has 7 heteroatoms. The summed E-state index contributed by atoms with van der Waals surface area (Å²) in [4.78, 5) is 30.8. The van der Waals surface area contributed by atoms with Gasteiger partial charge in [0.25, 0.3) is 0 Å². The highest BCUT2D eigenvalue weighted by Gasteiger charge is 2.41. The molecule has 206 valence electrons. The highest BCUT2D eigenvalue weighted by atomic mass is 16.5. The predicted octanol–water partition coefficient (Wildman–Crippen LogP) is 4.66. The van der Waals surface area contributed by atoms with Crippen LogP contribution in [-0.2, 0) is 25.6 Å². The van der Waals surface area contributed by atoms with Gasteiger partial charge in [0.05, 0.1) is 20.8 Å². The summed E-state index contributed by atoms with van der Waals surface area (Å²) in [5.74, 6) is 0.821. The lowest BCUT2D eigenvalue weighted by Gasteiger charge is -2.40. The van der Waals surface area contributed by atoms with Crippen LogP contribution in [0, 0.1) is 5.92 Å². The summed E-state index contributed by atoms with van der Waals surface area (Å²) < 4.78 is 16.4. The van der Waals surface area contributed by atoms with Gasteiger partial charge in [-0.15, -0.1) is 0 Å². The molecule has 0 N–H and O–H groups in total. The molecule has 1 aromatic rings. The normalized spacial score (nSPS) is 22.3. The van der Waals surface area contributed by atoms with Crippen LogP contribution in [0.4, 0.5) is 0 Å². The molecular weight excluding hydrogens is 480 g/mol. The van der Waals surface area contributed by atoms with E-state index in [9.17, 15) is 9.59 Å². The van der Waals surface area contributed by atoms with Crippen molar-refractivity contribution in [2.75, 3.05) is 47.0 Å². The maximum atomic E-state index is 12.7. The molecule has 0 spiro atoms. The van der Waals surface area contributed by atoms with Crippen LogP contribution in [0.25, 0.3) is 0 Å². The summed E-state index contributed by atoms with van der Waals surface area (Å²) in [7, 11) is 2.81. The highest BCUT2D eigenvalue weighted by molar-refractivity contribution is 6.24. The second-order valence-electron chi connectivity index (χ2n) is 11.2. The number of ether oxygens (including phenoxy) is 3. The topological polar surface area (TPSA) is 68.3 Å². The van der Waals surface area contributed by atoms with Crippen molar-refractivity contribution >= 4 is 11.6 Å². The van der Waals surface area contributed by atoms with Crippen LogP contribution >= 0.6 is 0 Å². The zero-order valence-corrected chi connectivity index (χ0v) is 23.0. The van der Waals surface area contributed by atoms with E-state index in [0.717, 1.165) is 31.2 Å². The maximum absolute atomic E-state index is 12.7. The number of benzene rings is 1. The average molecular weight is 523 g/mol. The van der Waals surface area contributed by atoms with Crippen molar-refractivity contribution in [3.8, 4) is 5.75 Å². The standard InChI is InChI=1S/C31H42N2O5/c1-36-30-28(34)26-19-23(20-27(26)29(35)31(30)37-2)7-6-18-38-25-10-8-22(9-11-25)21-32-16-12-24(13-17-32)33-14-4-3-5-15-33/h8-11,23-24H,3-7,12-21H2,1-2H3. The number of methoxy groups -OCH3 is 2. The van der Waals surface area contributed by atoms with Crippen LogP contribution < -0.4 is 4.74 Å². The minimum absolute atomic E-state index is 0.0330. The first-order valence-corrected chi connectivity index (χ1v) is 14.4. The Morgan fingerprint density at radius 2 is 1.42 bits per heavy atom. The number of nitrogens with zero attached hydrogens (tertiary/aromatic N) is 2. The number of likely N-dealkylation sites (tertiary alicyclic amines) is 2. The van der Waals surface area contributed by atoms with Gasteiger partial charge in [-0.2, -0.15) is 0 Å². The van der Waals surface area contributed by atoms with Crippen LogP contribution in [0.2, 0.25) is 0 Å². The summed E-state index contributed by atoms with van der Waals surface area (Å²) in [5, 5.41) is 0. The maximum Gasteiger partial charge on any atom is 0.228 e. The molecule has 2 aliphatic carbocycles. The van der Waals surface area contributed by atoms with E-state index in [1.165, 1.54) is 78.1 Å². The smallest absolute Gasteiger partial charge is 0.228 e. The van der Waals surface area contributed by atoms with Gasteiger partial charge in [0.1, 0.15) is 5.75 Å². The quantitative estimate of drug-likeness (QED) is 0.327. The second kappa shape index (κ2) is 12.5. The molecule has 4 aliphatic rings. The van der Waals surface area contributed by atoms with E-state index in [-0.39, 0.29) is 29.0 Å². The molecule has 2 heterocycles. The number of piperidine rings is 2. The molecule has 0 unspecified atom stereocenters. The largest absolute Gasteiger partial charge is 0.494 e. The monoisotopic (exact) mass is 522 g/mol. The SMILES string of the molecule is COC1=C(OC)C(=O)C2=C(CC(CCCOc3ccc(CN4CCC(N5CCCCC5)CC4)cc3)C2)C1=O. The summed E-state index contributed by atoms with van der Waals surface area (Å²) >= 11 is 0. The Balaban J connectivity index is 1.01. The molecule has 1 aromatic carbocycles. The van der Waals surface area contributed by atoms with Gasteiger partial charge in [0.2, 0.25) is 23.1 Å². The van der Waals surface area contributed by atoms with E-state index in [2.05, 4.69) is 34.1 Å². The van der Waals surface area contributed by atoms with Crippen LogP contribution in [0.3, 0.4) is 0 Å². The van der Waals surface area contributed by atoms with Crippen LogP contribution in [0.1, 0.15) is 63.4 Å². The fourth-order valence-corrected chi connectivity index (χ4v) is 6.65. The highest BCUT2D eigenvalue weighted by Crippen LogP contribution is 2.41. The van der Waals surface area contributed by atoms with Crippen LogP contribution in [0.15, 0.2) is 46.9 Å². The fourth-order valence-electron chi connectivity index (χ4n) is 6.65. The number of allylic oxidation sites excluding steroid dienone is 2. The van der Waals surface area contributed by atoms with Crippen molar-refractivity contribution < 1.29 is 23.8 Å². The minimum atomic E-state index is -0.204.